The summed E-state index contributed by atoms with van der Waals surface area (Å²) in [5.41, 5.74) is 6.95. The molecule has 0 aromatic heterocycles. The highest BCUT2D eigenvalue weighted by Gasteiger charge is 2.14. The molecule has 102 valence electrons. The maximum Gasteiger partial charge on any atom is 0.239 e. The van der Waals surface area contributed by atoms with Crippen LogP contribution in [0.3, 0.4) is 0 Å². The van der Waals surface area contributed by atoms with Gasteiger partial charge in [-0.15, -0.1) is 12.4 Å². The monoisotopic (exact) mass is 292 g/mol. The lowest BCUT2D eigenvalue weighted by Gasteiger charge is -2.05. The Morgan fingerprint density at radius 3 is 2.28 bits per heavy atom. The number of carbonyl (C=O) groups is 1. The zero-order valence-electron chi connectivity index (χ0n) is 10.0. The number of nitrogens with two attached hydrogens (primary N) is 1. The fraction of sp³-hybridized carbons (Fsp3) is 0.364. The number of sulfone groups is 1. The number of hydrogen-bond donors (Lipinski definition) is 2. The Labute approximate surface area is 113 Å². The molecular formula is C11H17ClN2O3S. The zero-order chi connectivity index (χ0) is 12.9. The van der Waals surface area contributed by atoms with Gasteiger partial charge in [-0.1, -0.05) is 19.1 Å². The van der Waals surface area contributed by atoms with Crippen LogP contribution in [0.5, 0.6) is 0 Å². The average Bonchev–Trinajstić information content (AvgIpc) is 2.29. The molecule has 18 heavy (non-hydrogen) atoms. The Hall–Kier alpha value is -1.11. The maximum atomic E-state index is 11.4. The van der Waals surface area contributed by atoms with Gasteiger partial charge in [-0.25, -0.2) is 8.42 Å². The van der Waals surface area contributed by atoms with Gasteiger partial charge >= 0.3 is 0 Å². The molecule has 0 aliphatic heterocycles. The van der Waals surface area contributed by atoms with E-state index in [2.05, 4.69) is 5.32 Å². The summed E-state index contributed by atoms with van der Waals surface area (Å²) in [6, 6.07) is 6.95. The summed E-state index contributed by atoms with van der Waals surface area (Å²) >= 11 is 0. The Bertz CT molecular complexity index is 486. The minimum atomic E-state index is -3.28. The second-order valence-electron chi connectivity index (χ2n) is 3.63. The van der Waals surface area contributed by atoms with Crippen molar-refractivity contribution in [2.75, 3.05) is 16.8 Å². The third-order valence-corrected chi connectivity index (χ3v) is 3.85. The fourth-order valence-electron chi connectivity index (χ4n) is 1.22. The molecular weight excluding hydrogens is 276 g/mol. The van der Waals surface area contributed by atoms with Crippen molar-refractivity contribution in [2.45, 2.75) is 13.5 Å². The summed E-state index contributed by atoms with van der Waals surface area (Å²) < 4.78 is 22.4. The molecule has 0 radical (unpaired) electrons. The van der Waals surface area contributed by atoms with E-state index in [9.17, 15) is 13.2 Å². The van der Waals surface area contributed by atoms with E-state index in [1.165, 1.54) is 6.92 Å². The van der Waals surface area contributed by atoms with Gasteiger partial charge in [0.25, 0.3) is 0 Å². The molecule has 1 rings (SSSR count). The van der Waals surface area contributed by atoms with Gasteiger partial charge in [0.1, 0.15) is 5.75 Å². The molecule has 0 atom stereocenters. The third-order valence-electron chi connectivity index (χ3n) is 2.26. The van der Waals surface area contributed by atoms with Crippen LogP contribution in [0.4, 0.5) is 5.69 Å². The van der Waals surface area contributed by atoms with Crippen molar-refractivity contribution in [1.82, 2.24) is 0 Å². The first kappa shape index (κ1) is 16.9. The van der Waals surface area contributed by atoms with Crippen molar-refractivity contribution in [3.63, 3.8) is 0 Å². The number of carbonyl (C=O) groups excluding carboxylic acids is 1. The lowest BCUT2D eigenvalue weighted by molar-refractivity contribution is -0.113. The molecule has 1 aromatic rings. The van der Waals surface area contributed by atoms with E-state index in [0.717, 1.165) is 5.56 Å². The van der Waals surface area contributed by atoms with Gasteiger partial charge in [0, 0.05) is 18.0 Å². The minimum absolute atomic E-state index is 0. The molecule has 0 fully saturated rings. The standard InChI is InChI=1S/C11H16N2O3S.ClH/c1-2-17(15,16)8-11(14)13-10-5-3-9(7-12)4-6-10;/h3-6H,2,7-8,12H2,1H3,(H,13,14);1H. The van der Waals surface area contributed by atoms with Gasteiger partial charge in [-0.2, -0.15) is 0 Å². The number of anilines is 1. The van der Waals surface area contributed by atoms with E-state index in [0.29, 0.717) is 12.2 Å². The van der Waals surface area contributed by atoms with Gasteiger partial charge in [0.05, 0.1) is 0 Å². The van der Waals surface area contributed by atoms with Gasteiger partial charge in [0.2, 0.25) is 5.91 Å². The largest absolute Gasteiger partial charge is 0.326 e. The molecule has 1 amide bonds. The van der Waals surface area contributed by atoms with Crippen LogP contribution in [-0.2, 0) is 21.2 Å². The minimum Gasteiger partial charge on any atom is -0.326 e. The third kappa shape index (κ3) is 5.48. The molecule has 7 heteroatoms. The molecule has 0 saturated heterocycles. The predicted octanol–water partition coefficient (Wildman–Crippen LogP) is 0.940. The van der Waals surface area contributed by atoms with Crippen LogP contribution in [0.25, 0.3) is 0 Å². The number of benzene rings is 1. The highest BCUT2D eigenvalue weighted by molar-refractivity contribution is 7.92. The predicted molar refractivity (Wildman–Crippen MR) is 74.5 cm³/mol. The quantitative estimate of drug-likeness (QED) is 0.845. The Morgan fingerprint density at radius 2 is 1.83 bits per heavy atom. The van der Waals surface area contributed by atoms with E-state index in [1.54, 1.807) is 24.3 Å². The molecule has 0 heterocycles. The van der Waals surface area contributed by atoms with Gasteiger partial charge in [0.15, 0.2) is 9.84 Å². The van der Waals surface area contributed by atoms with Crippen molar-refractivity contribution in [1.29, 1.82) is 0 Å². The summed E-state index contributed by atoms with van der Waals surface area (Å²) in [5, 5.41) is 2.52. The number of hydrogen-bond acceptors (Lipinski definition) is 4. The first-order valence-corrected chi connectivity index (χ1v) is 7.08. The van der Waals surface area contributed by atoms with Crippen LogP contribution in [0.1, 0.15) is 12.5 Å². The van der Waals surface area contributed by atoms with Crippen molar-refractivity contribution in [3.05, 3.63) is 29.8 Å². The average molecular weight is 293 g/mol. The number of rotatable bonds is 5. The molecule has 0 saturated carbocycles. The summed E-state index contributed by atoms with van der Waals surface area (Å²) in [6.45, 7) is 1.94. The highest BCUT2D eigenvalue weighted by Crippen LogP contribution is 2.09. The molecule has 0 bridgehead atoms. The molecule has 3 N–H and O–H groups in total. The second-order valence-corrected chi connectivity index (χ2v) is 5.98. The zero-order valence-corrected chi connectivity index (χ0v) is 11.7. The lowest BCUT2D eigenvalue weighted by atomic mass is 10.2. The molecule has 0 aliphatic carbocycles. The van der Waals surface area contributed by atoms with Crippen LogP contribution in [0, 0.1) is 0 Å². The number of amides is 1. The van der Waals surface area contributed by atoms with Gasteiger partial charge in [-0.05, 0) is 17.7 Å². The number of nitrogens with one attached hydrogen (secondary N) is 1. The molecule has 1 aromatic carbocycles. The summed E-state index contributed by atoms with van der Waals surface area (Å²) in [4.78, 5) is 11.4. The maximum absolute atomic E-state index is 11.4. The van der Waals surface area contributed by atoms with Crippen LogP contribution in [0.15, 0.2) is 24.3 Å². The van der Waals surface area contributed by atoms with Crippen LogP contribution in [0.2, 0.25) is 0 Å². The first-order valence-electron chi connectivity index (χ1n) is 5.26. The Kier molecular flexibility index (Phi) is 6.90. The fourth-order valence-corrected chi connectivity index (χ4v) is 1.90. The van der Waals surface area contributed by atoms with Crippen LogP contribution in [-0.4, -0.2) is 25.8 Å². The topological polar surface area (TPSA) is 89.3 Å². The summed E-state index contributed by atoms with van der Waals surface area (Å²) in [6.07, 6.45) is 0. The molecule has 0 spiro atoms. The van der Waals surface area contributed by atoms with E-state index >= 15 is 0 Å². The normalized spacial score (nSPS) is 10.6. The molecule has 0 unspecified atom stereocenters. The van der Waals surface area contributed by atoms with Crippen molar-refractivity contribution in [3.8, 4) is 0 Å². The van der Waals surface area contributed by atoms with Crippen molar-refractivity contribution >= 4 is 33.8 Å². The van der Waals surface area contributed by atoms with Crippen LogP contribution >= 0.6 is 12.4 Å². The first-order chi connectivity index (χ1) is 7.96. The number of halogens is 1. The SMILES string of the molecule is CCS(=O)(=O)CC(=O)Nc1ccc(CN)cc1.Cl. The van der Waals surface area contributed by atoms with E-state index < -0.39 is 21.5 Å². The Morgan fingerprint density at radius 1 is 1.28 bits per heavy atom. The smallest absolute Gasteiger partial charge is 0.239 e. The van der Waals surface area contributed by atoms with E-state index in [-0.39, 0.29) is 18.2 Å². The van der Waals surface area contributed by atoms with E-state index in [1.807, 2.05) is 0 Å². The van der Waals surface area contributed by atoms with Crippen molar-refractivity contribution in [2.24, 2.45) is 5.73 Å². The highest BCUT2D eigenvalue weighted by atomic mass is 35.5. The van der Waals surface area contributed by atoms with E-state index in [4.69, 9.17) is 5.73 Å². The second kappa shape index (κ2) is 7.35. The summed E-state index contributed by atoms with van der Waals surface area (Å²) in [7, 11) is -3.28. The molecule has 5 nitrogen and oxygen atoms in total. The van der Waals surface area contributed by atoms with Crippen molar-refractivity contribution < 1.29 is 13.2 Å². The lowest BCUT2D eigenvalue weighted by Crippen LogP contribution is -2.23. The van der Waals surface area contributed by atoms with Gasteiger partial charge in [-0.3, -0.25) is 4.79 Å². The molecule has 0 aliphatic rings. The Balaban J connectivity index is 0.00000289. The van der Waals surface area contributed by atoms with Crippen LogP contribution < -0.4 is 11.1 Å². The van der Waals surface area contributed by atoms with Gasteiger partial charge < -0.3 is 11.1 Å². The summed E-state index contributed by atoms with van der Waals surface area (Å²) in [5.74, 6) is -1.04.